The number of benzene rings is 1. The summed E-state index contributed by atoms with van der Waals surface area (Å²) in [4.78, 5) is 11.2. The van der Waals surface area contributed by atoms with Crippen LogP contribution in [0.4, 0.5) is 4.79 Å². The lowest BCUT2D eigenvalue weighted by atomic mass is 10.3. The van der Waals surface area contributed by atoms with Crippen molar-refractivity contribution in [3.05, 3.63) is 30.3 Å². The lowest BCUT2D eigenvalue weighted by Gasteiger charge is -2.05. The number of hydrogen-bond donors (Lipinski definition) is 2. The van der Waals surface area contributed by atoms with Gasteiger partial charge in [0.15, 0.2) is 0 Å². The smallest absolute Gasteiger partial charge is 0.410 e. The van der Waals surface area contributed by atoms with Gasteiger partial charge in [0.2, 0.25) is 0 Å². The largest absolute Gasteiger partial charge is 0.412 e. The molecule has 1 amide bonds. The molecule has 4 nitrogen and oxygen atoms in total. The molecule has 0 aliphatic carbocycles. The Morgan fingerprint density at radius 2 is 1.76 bits per heavy atom. The van der Waals surface area contributed by atoms with Crippen molar-refractivity contribution in [2.75, 3.05) is 37.1 Å². The predicted octanol–water partition coefficient (Wildman–Crippen LogP) is 3.23. The first-order chi connectivity index (χ1) is 10.2. The topological polar surface area (TPSA) is 64.3 Å². The van der Waals surface area contributed by atoms with Crippen LogP contribution in [-0.2, 0) is 0 Å². The molecule has 0 fully saturated rings. The van der Waals surface area contributed by atoms with Gasteiger partial charge in [0, 0.05) is 6.54 Å². The first-order valence-corrected chi connectivity index (χ1v) is 9.72. The van der Waals surface area contributed by atoms with E-state index in [1.165, 1.54) is 5.75 Å². The number of nitrogens with one attached hydrogen (secondary N) is 1. The van der Waals surface area contributed by atoms with E-state index in [0.717, 1.165) is 25.1 Å². The van der Waals surface area contributed by atoms with Crippen LogP contribution < -0.4 is 15.8 Å². The molecule has 21 heavy (non-hydrogen) atoms. The Hall–Kier alpha value is -0.850. The number of carbonyl (C=O) groups is 1. The number of rotatable bonds is 8. The third kappa shape index (κ3) is 13.9. The minimum absolute atomic E-state index is 0.387. The maximum atomic E-state index is 11.2. The molecule has 0 aromatic heterocycles. The molecule has 0 aliphatic heterocycles. The second kappa shape index (κ2) is 15.5. The van der Waals surface area contributed by atoms with Gasteiger partial charge in [0.05, 0.1) is 0 Å². The maximum Gasteiger partial charge on any atom is 0.412 e. The number of nitrogens with two attached hydrogens (primary N) is 1. The van der Waals surface area contributed by atoms with Crippen LogP contribution >= 0.6 is 23.5 Å². The van der Waals surface area contributed by atoms with Crippen LogP contribution in [0.15, 0.2) is 30.3 Å². The van der Waals surface area contributed by atoms with Gasteiger partial charge >= 0.3 is 6.09 Å². The molecule has 0 heterocycles. The molecule has 0 atom stereocenters. The highest BCUT2D eigenvalue weighted by atomic mass is 32.2. The molecule has 0 saturated heterocycles. The van der Waals surface area contributed by atoms with Gasteiger partial charge in [-0.2, -0.15) is 23.5 Å². The van der Waals surface area contributed by atoms with Crippen LogP contribution in [0.3, 0.4) is 0 Å². The van der Waals surface area contributed by atoms with E-state index in [0.29, 0.717) is 12.3 Å². The van der Waals surface area contributed by atoms with E-state index >= 15 is 0 Å². The van der Waals surface area contributed by atoms with Crippen LogP contribution in [0.1, 0.15) is 12.8 Å². The normalized spacial score (nSPS) is 9.48. The Labute approximate surface area is 136 Å². The summed E-state index contributed by atoms with van der Waals surface area (Å²) >= 11 is 3.61. The van der Waals surface area contributed by atoms with Crippen LogP contribution in [0.25, 0.3) is 0 Å². The highest BCUT2D eigenvalue weighted by Crippen LogP contribution is 2.07. The summed E-state index contributed by atoms with van der Waals surface area (Å²) in [7, 11) is 0. The van der Waals surface area contributed by atoms with Gasteiger partial charge in [-0.3, -0.25) is 0 Å². The first kappa shape index (κ1) is 20.1. The first-order valence-electron chi connectivity index (χ1n) is 6.93. The van der Waals surface area contributed by atoms with Crippen molar-refractivity contribution in [3.8, 4) is 5.75 Å². The Morgan fingerprint density at radius 3 is 2.29 bits per heavy atom. The molecule has 120 valence electrons. The molecule has 6 heteroatoms. The molecule has 1 aromatic carbocycles. The van der Waals surface area contributed by atoms with Crippen LogP contribution in [0.5, 0.6) is 5.75 Å². The number of para-hydroxylation sites is 1. The fourth-order valence-corrected chi connectivity index (χ4v) is 2.15. The fraction of sp³-hybridized carbons (Fsp3) is 0.533. The van der Waals surface area contributed by atoms with E-state index in [4.69, 9.17) is 10.5 Å². The summed E-state index contributed by atoms with van der Waals surface area (Å²) in [6.07, 6.45) is 5.87. The van der Waals surface area contributed by atoms with Gasteiger partial charge in [-0.25, -0.2) is 4.79 Å². The Bertz CT molecular complexity index is 347. The molecule has 0 saturated carbocycles. The second-order valence-electron chi connectivity index (χ2n) is 4.11. The van der Waals surface area contributed by atoms with E-state index in [9.17, 15) is 4.79 Å². The van der Waals surface area contributed by atoms with E-state index in [1.54, 1.807) is 23.9 Å². The summed E-state index contributed by atoms with van der Waals surface area (Å²) in [5.41, 5.74) is 5.20. The monoisotopic (exact) mass is 330 g/mol. The molecule has 0 spiro atoms. The van der Waals surface area contributed by atoms with Gasteiger partial charge in [0.1, 0.15) is 5.75 Å². The van der Waals surface area contributed by atoms with Crippen molar-refractivity contribution in [1.82, 2.24) is 5.32 Å². The zero-order chi connectivity index (χ0) is 15.8. The number of carbonyl (C=O) groups excluding carboxylic acids is 1. The molecule has 1 aromatic rings. The highest BCUT2D eigenvalue weighted by Gasteiger charge is 2.01. The highest BCUT2D eigenvalue weighted by molar-refractivity contribution is 7.98. The van der Waals surface area contributed by atoms with Gasteiger partial charge < -0.3 is 15.8 Å². The standard InChI is InChI=1S/C11H15NO2S.C4H11NS/c1-15-9-5-8-12-11(13)14-10-6-3-2-4-7-10;1-6-4-2-3-5/h2-4,6-7H,5,8-9H2,1H3,(H,12,13);2-5H2,1H3. The van der Waals surface area contributed by atoms with E-state index in [-0.39, 0.29) is 6.09 Å². The third-order valence-electron chi connectivity index (χ3n) is 2.30. The lowest BCUT2D eigenvalue weighted by Crippen LogP contribution is -2.27. The second-order valence-corrected chi connectivity index (χ2v) is 6.08. The van der Waals surface area contributed by atoms with Crippen LogP contribution in [0.2, 0.25) is 0 Å². The van der Waals surface area contributed by atoms with Crippen molar-refractivity contribution >= 4 is 29.6 Å². The zero-order valence-corrected chi connectivity index (χ0v) is 14.5. The van der Waals surface area contributed by atoms with Gasteiger partial charge in [-0.05, 0) is 55.5 Å². The minimum atomic E-state index is -0.387. The Morgan fingerprint density at radius 1 is 1.14 bits per heavy atom. The predicted molar refractivity (Wildman–Crippen MR) is 95.5 cm³/mol. The minimum Gasteiger partial charge on any atom is -0.410 e. The third-order valence-corrected chi connectivity index (χ3v) is 3.69. The fourth-order valence-electron chi connectivity index (χ4n) is 1.27. The van der Waals surface area contributed by atoms with E-state index in [2.05, 4.69) is 11.6 Å². The molecular weight excluding hydrogens is 304 g/mol. The van der Waals surface area contributed by atoms with Crippen LogP contribution in [-0.4, -0.2) is 43.2 Å². The summed E-state index contributed by atoms with van der Waals surface area (Å²) in [6.45, 7) is 1.49. The Kier molecular flexibility index (Phi) is 14.9. The van der Waals surface area contributed by atoms with E-state index < -0.39 is 0 Å². The van der Waals surface area contributed by atoms with Crippen molar-refractivity contribution in [1.29, 1.82) is 0 Å². The molecule has 3 N–H and O–H groups in total. The van der Waals surface area contributed by atoms with Crippen molar-refractivity contribution in [2.45, 2.75) is 12.8 Å². The van der Waals surface area contributed by atoms with Gasteiger partial charge in [-0.1, -0.05) is 18.2 Å². The molecule has 1 rings (SSSR count). The number of hydrogen-bond acceptors (Lipinski definition) is 5. The Balaban J connectivity index is 0.000000567. The van der Waals surface area contributed by atoms with Crippen molar-refractivity contribution in [2.24, 2.45) is 5.73 Å². The SMILES string of the molecule is CSCCCN.CSCCCNC(=O)Oc1ccccc1. The average Bonchev–Trinajstić information content (AvgIpc) is 2.51. The summed E-state index contributed by atoms with van der Waals surface area (Å²) in [5, 5.41) is 2.69. The quantitative estimate of drug-likeness (QED) is 0.717. The molecular formula is C15H26N2O2S2. The molecule has 0 unspecified atom stereocenters. The van der Waals surface area contributed by atoms with Crippen molar-refractivity contribution < 1.29 is 9.53 Å². The molecule has 0 radical (unpaired) electrons. The maximum absolute atomic E-state index is 11.2. The summed E-state index contributed by atoms with van der Waals surface area (Å²) in [6, 6.07) is 9.04. The number of thioether (sulfide) groups is 2. The molecule has 0 bridgehead atoms. The number of ether oxygens (including phenoxy) is 1. The van der Waals surface area contributed by atoms with Gasteiger partial charge in [-0.15, -0.1) is 0 Å². The summed E-state index contributed by atoms with van der Waals surface area (Å²) in [5.74, 6) is 2.82. The average molecular weight is 331 g/mol. The van der Waals surface area contributed by atoms with Crippen LogP contribution in [0, 0.1) is 0 Å². The van der Waals surface area contributed by atoms with E-state index in [1.807, 2.05) is 36.2 Å². The lowest BCUT2D eigenvalue weighted by molar-refractivity contribution is 0.200. The van der Waals surface area contributed by atoms with Gasteiger partial charge in [0.25, 0.3) is 0 Å². The van der Waals surface area contributed by atoms with Crippen molar-refractivity contribution in [3.63, 3.8) is 0 Å². The number of amides is 1. The molecule has 0 aliphatic rings. The summed E-state index contributed by atoms with van der Waals surface area (Å²) < 4.78 is 5.04. The zero-order valence-electron chi connectivity index (χ0n) is 12.8.